The van der Waals surface area contributed by atoms with Crippen molar-refractivity contribution in [3.8, 4) is 0 Å². The number of nitrogens with two attached hydrogens (primary N) is 1. The third-order valence-electron chi connectivity index (χ3n) is 4.07. The number of imidazole rings is 1. The van der Waals surface area contributed by atoms with E-state index in [-0.39, 0.29) is 16.6 Å². The van der Waals surface area contributed by atoms with Crippen LogP contribution in [0.2, 0.25) is 0 Å². The van der Waals surface area contributed by atoms with Crippen molar-refractivity contribution in [2.45, 2.75) is 31.5 Å². The molecule has 8 heteroatoms. The molecule has 0 spiro atoms. The Morgan fingerprint density at radius 2 is 2.14 bits per heavy atom. The predicted octanol–water partition coefficient (Wildman–Crippen LogP) is 2.28. The first-order valence-electron chi connectivity index (χ1n) is 6.87. The van der Waals surface area contributed by atoms with Gasteiger partial charge < -0.3 is 16.0 Å². The zero-order chi connectivity index (χ0) is 16.1. The molecule has 5 nitrogen and oxygen atoms in total. The SMILES string of the molecule is CC1(c2nc3c(C(N)=O)cc(C(F)(F)F)cc3[nH]2)CCCN1. The van der Waals surface area contributed by atoms with Gasteiger partial charge in [0.25, 0.3) is 5.91 Å². The molecular weight excluding hydrogens is 297 g/mol. The molecule has 1 saturated heterocycles. The van der Waals surface area contributed by atoms with Crippen LogP contribution in [0.4, 0.5) is 13.2 Å². The quantitative estimate of drug-likeness (QED) is 0.795. The van der Waals surface area contributed by atoms with Gasteiger partial charge in [0.15, 0.2) is 0 Å². The summed E-state index contributed by atoms with van der Waals surface area (Å²) in [6, 6.07) is 1.70. The lowest BCUT2D eigenvalue weighted by Crippen LogP contribution is -2.34. The van der Waals surface area contributed by atoms with E-state index >= 15 is 0 Å². The first kappa shape index (κ1) is 14.8. The van der Waals surface area contributed by atoms with Crippen LogP contribution in [0.25, 0.3) is 11.0 Å². The van der Waals surface area contributed by atoms with E-state index in [1.165, 1.54) is 0 Å². The second-order valence-corrected chi connectivity index (χ2v) is 5.73. The van der Waals surface area contributed by atoms with Gasteiger partial charge in [-0.15, -0.1) is 0 Å². The lowest BCUT2D eigenvalue weighted by atomic mass is 10.00. The predicted molar refractivity (Wildman–Crippen MR) is 74.2 cm³/mol. The Hall–Kier alpha value is -2.09. The van der Waals surface area contributed by atoms with Gasteiger partial charge in [0.1, 0.15) is 11.3 Å². The van der Waals surface area contributed by atoms with Crippen molar-refractivity contribution in [2.24, 2.45) is 5.73 Å². The molecule has 1 aliphatic heterocycles. The van der Waals surface area contributed by atoms with E-state index in [0.29, 0.717) is 5.82 Å². The lowest BCUT2D eigenvalue weighted by Gasteiger charge is -2.21. The van der Waals surface area contributed by atoms with Gasteiger partial charge in [-0.2, -0.15) is 13.2 Å². The summed E-state index contributed by atoms with van der Waals surface area (Å²) in [5.74, 6) is -0.416. The molecule has 22 heavy (non-hydrogen) atoms. The summed E-state index contributed by atoms with van der Waals surface area (Å²) < 4.78 is 38.8. The maximum atomic E-state index is 12.9. The molecule has 3 rings (SSSR count). The number of nitrogens with one attached hydrogen (secondary N) is 2. The molecule has 0 bridgehead atoms. The molecule has 2 aromatic rings. The highest BCUT2D eigenvalue weighted by molar-refractivity contribution is 6.04. The first-order valence-corrected chi connectivity index (χ1v) is 6.87. The number of primary amides is 1. The van der Waals surface area contributed by atoms with Gasteiger partial charge in [0.2, 0.25) is 0 Å². The Morgan fingerprint density at radius 3 is 2.68 bits per heavy atom. The number of rotatable bonds is 2. The summed E-state index contributed by atoms with van der Waals surface area (Å²) in [6.07, 6.45) is -2.80. The number of carbonyl (C=O) groups excluding carboxylic acids is 1. The second-order valence-electron chi connectivity index (χ2n) is 5.73. The molecule has 1 fully saturated rings. The van der Waals surface area contributed by atoms with Crippen molar-refractivity contribution in [1.82, 2.24) is 15.3 Å². The molecule has 1 aromatic carbocycles. The summed E-state index contributed by atoms with van der Waals surface area (Å²) in [5, 5.41) is 3.27. The Balaban J connectivity index is 2.22. The van der Waals surface area contributed by atoms with Crippen molar-refractivity contribution >= 4 is 16.9 Å². The van der Waals surface area contributed by atoms with E-state index < -0.39 is 23.2 Å². The van der Waals surface area contributed by atoms with Crippen LogP contribution in [-0.4, -0.2) is 22.4 Å². The Morgan fingerprint density at radius 1 is 1.41 bits per heavy atom. The van der Waals surface area contributed by atoms with E-state index in [2.05, 4.69) is 15.3 Å². The van der Waals surface area contributed by atoms with Crippen molar-refractivity contribution < 1.29 is 18.0 Å². The molecule has 1 aliphatic rings. The highest BCUT2D eigenvalue weighted by atomic mass is 19.4. The van der Waals surface area contributed by atoms with Gasteiger partial charge in [0, 0.05) is 0 Å². The van der Waals surface area contributed by atoms with Crippen molar-refractivity contribution in [1.29, 1.82) is 0 Å². The van der Waals surface area contributed by atoms with E-state index in [1.807, 2.05) is 6.92 Å². The van der Waals surface area contributed by atoms with Crippen LogP contribution in [-0.2, 0) is 11.7 Å². The normalized spacial score (nSPS) is 22.4. The molecule has 0 radical (unpaired) electrons. The Bertz CT molecular complexity index is 744. The molecule has 4 N–H and O–H groups in total. The number of carbonyl (C=O) groups is 1. The average molecular weight is 312 g/mol. The second kappa shape index (κ2) is 4.70. The summed E-state index contributed by atoms with van der Waals surface area (Å²) in [6.45, 7) is 2.73. The number of aromatic nitrogens is 2. The highest BCUT2D eigenvalue weighted by Gasteiger charge is 2.35. The third-order valence-corrected chi connectivity index (χ3v) is 4.07. The summed E-state index contributed by atoms with van der Waals surface area (Å²) in [7, 11) is 0. The molecule has 1 atom stereocenters. The molecule has 2 heterocycles. The van der Waals surface area contributed by atoms with Gasteiger partial charge >= 0.3 is 6.18 Å². The topological polar surface area (TPSA) is 83.8 Å². The number of benzene rings is 1. The van der Waals surface area contributed by atoms with E-state index in [0.717, 1.165) is 31.5 Å². The Labute approximate surface area is 124 Å². The number of nitrogens with zero attached hydrogens (tertiary/aromatic N) is 1. The molecule has 0 aliphatic carbocycles. The number of H-pyrrole nitrogens is 1. The Kier molecular flexibility index (Phi) is 3.17. The highest BCUT2D eigenvalue weighted by Crippen LogP contribution is 2.35. The molecule has 1 amide bonds. The monoisotopic (exact) mass is 312 g/mol. The van der Waals surface area contributed by atoms with Crippen LogP contribution in [0, 0.1) is 0 Å². The molecular formula is C14H15F3N4O. The summed E-state index contributed by atoms with van der Waals surface area (Å²) >= 11 is 0. The molecule has 118 valence electrons. The van der Waals surface area contributed by atoms with Gasteiger partial charge in [-0.25, -0.2) is 4.98 Å². The van der Waals surface area contributed by atoms with Gasteiger partial charge in [-0.1, -0.05) is 0 Å². The lowest BCUT2D eigenvalue weighted by molar-refractivity contribution is -0.137. The summed E-state index contributed by atoms with van der Waals surface area (Å²) in [4.78, 5) is 18.7. The minimum absolute atomic E-state index is 0.161. The zero-order valence-electron chi connectivity index (χ0n) is 11.8. The van der Waals surface area contributed by atoms with Gasteiger partial charge in [-0.05, 0) is 38.4 Å². The van der Waals surface area contributed by atoms with Crippen LogP contribution in [0.1, 0.15) is 41.5 Å². The minimum atomic E-state index is -4.56. The third kappa shape index (κ3) is 2.33. The molecule has 1 aromatic heterocycles. The van der Waals surface area contributed by atoms with Crippen LogP contribution < -0.4 is 11.1 Å². The van der Waals surface area contributed by atoms with Crippen LogP contribution in [0.3, 0.4) is 0 Å². The van der Waals surface area contributed by atoms with Crippen LogP contribution in [0.15, 0.2) is 12.1 Å². The largest absolute Gasteiger partial charge is 0.416 e. The fourth-order valence-corrected chi connectivity index (χ4v) is 2.83. The van der Waals surface area contributed by atoms with Crippen molar-refractivity contribution in [3.05, 3.63) is 29.1 Å². The van der Waals surface area contributed by atoms with Crippen LogP contribution >= 0.6 is 0 Å². The van der Waals surface area contributed by atoms with Gasteiger partial charge in [-0.3, -0.25) is 4.79 Å². The molecule has 0 saturated carbocycles. The fourth-order valence-electron chi connectivity index (χ4n) is 2.83. The van der Waals surface area contributed by atoms with Crippen LogP contribution in [0.5, 0.6) is 0 Å². The van der Waals surface area contributed by atoms with Crippen molar-refractivity contribution in [2.75, 3.05) is 6.54 Å². The number of hydrogen-bond donors (Lipinski definition) is 3. The summed E-state index contributed by atoms with van der Waals surface area (Å²) in [5.41, 5.74) is 3.96. The van der Waals surface area contributed by atoms with E-state index in [4.69, 9.17) is 5.73 Å². The maximum Gasteiger partial charge on any atom is 0.416 e. The van der Waals surface area contributed by atoms with E-state index in [9.17, 15) is 18.0 Å². The standard InChI is InChI=1S/C14H15F3N4O/c1-13(3-2-4-19-13)12-20-9-6-7(14(15,16)17)5-8(11(18)22)10(9)21-12/h5-6,19H,2-4H2,1H3,(H2,18,22)(H,20,21). The van der Waals surface area contributed by atoms with Gasteiger partial charge in [0.05, 0.1) is 22.2 Å². The zero-order valence-corrected chi connectivity index (χ0v) is 11.8. The molecule has 1 unspecified atom stereocenters. The number of hydrogen-bond acceptors (Lipinski definition) is 3. The van der Waals surface area contributed by atoms with E-state index in [1.54, 1.807) is 0 Å². The maximum absolute atomic E-state index is 12.9. The minimum Gasteiger partial charge on any atom is -0.366 e. The smallest absolute Gasteiger partial charge is 0.366 e. The number of amides is 1. The number of halogens is 3. The fraction of sp³-hybridized carbons (Fsp3) is 0.429. The van der Waals surface area contributed by atoms with Crippen molar-refractivity contribution in [3.63, 3.8) is 0 Å². The first-order chi connectivity index (χ1) is 10.2. The number of alkyl halides is 3. The number of fused-ring (bicyclic) bond motifs is 1. The number of aromatic amines is 1. The average Bonchev–Trinajstić information content (AvgIpc) is 3.02.